The second-order valence-corrected chi connectivity index (χ2v) is 8.48. The van der Waals surface area contributed by atoms with E-state index >= 15 is 0 Å². The second kappa shape index (κ2) is 13.5. The Bertz CT molecular complexity index is 1390. The molecule has 202 valence electrons. The van der Waals surface area contributed by atoms with Gasteiger partial charge in [-0.3, -0.25) is 28.9 Å². The van der Waals surface area contributed by atoms with Crippen molar-refractivity contribution in [2.45, 2.75) is 19.4 Å². The summed E-state index contributed by atoms with van der Waals surface area (Å²) in [7, 11) is 0. The van der Waals surface area contributed by atoms with Crippen LogP contribution in [0.2, 0.25) is 0 Å². The first kappa shape index (κ1) is 28.5. The first-order chi connectivity index (χ1) is 18.8. The zero-order valence-corrected chi connectivity index (χ0v) is 21.2. The maximum Gasteiger partial charge on any atom is 0.305 e. The zero-order valence-electron chi connectivity index (χ0n) is 21.2. The average Bonchev–Trinajstić information content (AvgIpc) is 2.94. The van der Waals surface area contributed by atoms with E-state index in [1.807, 2.05) is 18.2 Å². The van der Waals surface area contributed by atoms with Crippen LogP contribution < -0.4 is 20.4 Å². The van der Waals surface area contributed by atoms with Crippen LogP contribution in [0.15, 0.2) is 66.7 Å². The SMILES string of the molecule is CCN(C=O)c1ccccc1N(CC(=O)N[C@H](C=O)CC(=O)O)C(=O)CNC(=O)c1cccc2ccccc12. The molecule has 0 aliphatic heterocycles. The molecule has 0 spiro atoms. The molecule has 0 aliphatic rings. The van der Waals surface area contributed by atoms with Crippen LogP contribution in [0.5, 0.6) is 0 Å². The highest BCUT2D eigenvalue weighted by Crippen LogP contribution is 2.29. The number of anilines is 2. The third kappa shape index (κ3) is 7.25. The number of nitrogens with zero attached hydrogens (tertiary/aromatic N) is 2. The van der Waals surface area contributed by atoms with Gasteiger partial charge in [-0.1, -0.05) is 48.5 Å². The number of fused-ring (bicyclic) bond motifs is 1. The Morgan fingerprint density at radius 2 is 1.59 bits per heavy atom. The molecule has 0 saturated carbocycles. The summed E-state index contributed by atoms with van der Waals surface area (Å²) in [4.78, 5) is 75.5. The molecule has 0 bridgehead atoms. The molecular formula is C28H28N4O7. The van der Waals surface area contributed by atoms with Crippen molar-refractivity contribution in [3.8, 4) is 0 Å². The van der Waals surface area contributed by atoms with E-state index in [1.165, 1.54) is 11.0 Å². The van der Waals surface area contributed by atoms with Crippen LogP contribution in [-0.2, 0) is 24.0 Å². The maximum absolute atomic E-state index is 13.4. The molecular weight excluding hydrogens is 504 g/mol. The highest BCUT2D eigenvalue weighted by molar-refractivity contribution is 6.09. The van der Waals surface area contributed by atoms with E-state index in [-0.39, 0.29) is 12.2 Å². The van der Waals surface area contributed by atoms with E-state index < -0.39 is 49.2 Å². The number of aldehydes is 1. The molecule has 0 unspecified atom stereocenters. The summed E-state index contributed by atoms with van der Waals surface area (Å²) in [5.74, 6) is -3.25. The Hall–Kier alpha value is -5.06. The van der Waals surface area contributed by atoms with Gasteiger partial charge in [0.25, 0.3) is 5.91 Å². The number of para-hydroxylation sites is 2. The number of benzene rings is 3. The van der Waals surface area contributed by atoms with Gasteiger partial charge in [-0.2, -0.15) is 0 Å². The van der Waals surface area contributed by atoms with Crippen LogP contribution in [0.1, 0.15) is 23.7 Å². The van der Waals surface area contributed by atoms with E-state index in [2.05, 4.69) is 10.6 Å². The molecule has 0 fully saturated rings. The monoisotopic (exact) mass is 532 g/mol. The van der Waals surface area contributed by atoms with Gasteiger partial charge in [0.1, 0.15) is 12.8 Å². The van der Waals surface area contributed by atoms with E-state index in [0.29, 0.717) is 29.3 Å². The van der Waals surface area contributed by atoms with Crippen molar-refractivity contribution < 1.29 is 33.9 Å². The predicted molar refractivity (Wildman–Crippen MR) is 144 cm³/mol. The molecule has 11 nitrogen and oxygen atoms in total. The standard InChI is InChI=1S/C28H28N4O7/c1-2-31(18-34)23-12-5-6-13-24(23)32(16-25(35)30-20(17-33)14-27(37)38)26(36)15-29-28(39)22-11-7-9-19-8-3-4-10-21(19)22/h3-13,17-18,20H,2,14-16H2,1H3,(H,29,39)(H,30,35)(H,37,38)/t20-/m0/s1. The Kier molecular flexibility index (Phi) is 9.85. The van der Waals surface area contributed by atoms with Gasteiger partial charge in [0, 0.05) is 12.1 Å². The summed E-state index contributed by atoms with van der Waals surface area (Å²) in [6.45, 7) is 0.927. The normalized spacial score (nSPS) is 11.2. The third-order valence-electron chi connectivity index (χ3n) is 5.89. The van der Waals surface area contributed by atoms with Gasteiger partial charge in [0.15, 0.2) is 0 Å². The Morgan fingerprint density at radius 1 is 0.923 bits per heavy atom. The smallest absolute Gasteiger partial charge is 0.305 e. The Balaban J connectivity index is 1.87. The van der Waals surface area contributed by atoms with E-state index in [1.54, 1.807) is 49.4 Å². The highest BCUT2D eigenvalue weighted by atomic mass is 16.4. The molecule has 3 aromatic rings. The molecule has 39 heavy (non-hydrogen) atoms. The molecule has 0 aliphatic carbocycles. The average molecular weight is 533 g/mol. The summed E-state index contributed by atoms with van der Waals surface area (Å²) in [6.07, 6.45) is 0.247. The summed E-state index contributed by atoms with van der Waals surface area (Å²) in [6, 6.07) is 17.6. The lowest BCUT2D eigenvalue weighted by molar-refractivity contribution is -0.138. The van der Waals surface area contributed by atoms with Crippen molar-refractivity contribution in [1.29, 1.82) is 0 Å². The molecule has 0 radical (unpaired) electrons. The Morgan fingerprint density at radius 3 is 2.26 bits per heavy atom. The first-order valence-corrected chi connectivity index (χ1v) is 12.1. The lowest BCUT2D eigenvalue weighted by atomic mass is 10.0. The van der Waals surface area contributed by atoms with E-state index in [4.69, 9.17) is 5.11 Å². The molecule has 0 aromatic heterocycles. The number of amides is 4. The maximum atomic E-state index is 13.4. The molecule has 3 aromatic carbocycles. The van der Waals surface area contributed by atoms with Crippen molar-refractivity contribution in [3.05, 3.63) is 72.3 Å². The number of carbonyl (C=O) groups is 6. The first-order valence-electron chi connectivity index (χ1n) is 12.1. The fraction of sp³-hybridized carbons (Fsp3) is 0.214. The number of carboxylic acid groups (broad SMARTS) is 1. The van der Waals surface area contributed by atoms with Gasteiger partial charge in [-0.25, -0.2) is 0 Å². The summed E-state index contributed by atoms with van der Waals surface area (Å²) >= 11 is 0. The van der Waals surface area contributed by atoms with Gasteiger partial charge in [-0.05, 0) is 35.9 Å². The molecule has 4 amide bonds. The number of hydrogen-bond donors (Lipinski definition) is 3. The minimum Gasteiger partial charge on any atom is -0.481 e. The number of hydrogen-bond acceptors (Lipinski definition) is 6. The van der Waals surface area contributed by atoms with Gasteiger partial charge in [0.2, 0.25) is 18.2 Å². The van der Waals surface area contributed by atoms with Crippen molar-refractivity contribution >= 4 is 58.5 Å². The van der Waals surface area contributed by atoms with Crippen LogP contribution in [0.3, 0.4) is 0 Å². The number of aliphatic carboxylic acids is 1. The minimum absolute atomic E-state index is 0.215. The fourth-order valence-electron chi connectivity index (χ4n) is 4.03. The second-order valence-electron chi connectivity index (χ2n) is 8.48. The van der Waals surface area contributed by atoms with Crippen LogP contribution >= 0.6 is 0 Å². The van der Waals surface area contributed by atoms with Crippen LogP contribution in [-0.4, -0.2) is 67.2 Å². The van der Waals surface area contributed by atoms with Crippen molar-refractivity contribution in [1.82, 2.24) is 10.6 Å². The quantitative estimate of drug-likeness (QED) is 0.284. The summed E-state index contributed by atoms with van der Waals surface area (Å²) in [5.41, 5.74) is 0.923. The highest BCUT2D eigenvalue weighted by Gasteiger charge is 2.25. The van der Waals surface area contributed by atoms with Crippen molar-refractivity contribution in [2.24, 2.45) is 0 Å². The van der Waals surface area contributed by atoms with Crippen LogP contribution in [0.4, 0.5) is 11.4 Å². The van der Waals surface area contributed by atoms with Crippen molar-refractivity contribution in [2.75, 3.05) is 29.4 Å². The van der Waals surface area contributed by atoms with Gasteiger partial charge < -0.3 is 25.4 Å². The molecule has 0 heterocycles. The van der Waals surface area contributed by atoms with Crippen molar-refractivity contribution in [3.63, 3.8) is 0 Å². The lowest BCUT2D eigenvalue weighted by Gasteiger charge is -2.28. The molecule has 3 rings (SSSR count). The molecule has 11 heteroatoms. The lowest BCUT2D eigenvalue weighted by Crippen LogP contribution is -2.48. The number of nitrogens with one attached hydrogen (secondary N) is 2. The van der Waals surface area contributed by atoms with E-state index in [0.717, 1.165) is 10.3 Å². The van der Waals surface area contributed by atoms with Crippen LogP contribution in [0, 0.1) is 0 Å². The fourth-order valence-corrected chi connectivity index (χ4v) is 4.03. The third-order valence-corrected chi connectivity index (χ3v) is 5.89. The Labute approximate surface area is 224 Å². The number of carboxylic acids is 1. The predicted octanol–water partition coefficient (Wildman–Crippen LogP) is 1.74. The molecule has 0 saturated heterocycles. The topological polar surface area (TPSA) is 153 Å². The number of carbonyl (C=O) groups excluding carboxylic acids is 5. The molecule has 1 atom stereocenters. The van der Waals surface area contributed by atoms with E-state index in [9.17, 15) is 28.8 Å². The minimum atomic E-state index is -1.30. The van der Waals surface area contributed by atoms with Gasteiger partial charge in [-0.15, -0.1) is 0 Å². The van der Waals surface area contributed by atoms with Crippen LogP contribution in [0.25, 0.3) is 10.8 Å². The largest absolute Gasteiger partial charge is 0.481 e. The number of rotatable bonds is 13. The summed E-state index contributed by atoms with van der Waals surface area (Å²) < 4.78 is 0. The molecule has 3 N–H and O–H groups in total. The van der Waals surface area contributed by atoms with Gasteiger partial charge >= 0.3 is 5.97 Å². The van der Waals surface area contributed by atoms with Gasteiger partial charge in [0.05, 0.1) is 30.4 Å². The summed E-state index contributed by atoms with van der Waals surface area (Å²) in [5, 5.41) is 15.4. The zero-order chi connectivity index (χ0) is 28.4.